The van der Waals surface area contributed by atoms with Crippen LogP contribution in [0.1, 0.15) is 29.7 Å². The second kappa shape index (κ2) is 6.16. The lowest BCUT2D eigenvalue weighted by atomic mass is 10.0. The van der Waals surface area contributed by atoms with Crippen molar-refractivity contribution in [2.75, 3.05) is 18.6 Å². The van der Waals surface area contributed by atoms with Crippen LogP contribution in [0.4, 0.5) is 0 Å². The van der Waals surface area contributed by atoms with E-state index in [0.717, 1.165) is 12.3 Å². The van der Waals surface area contributed by atoms with Gasteiger partial charge in [0, 0.05) is 35.4 Å². The van der Waals surface area contributed by atoms with E-state index in [9.17, 15) is 4.21 Å². The first kappa shape index (κ1) is 13.4. The van der Waals surface area contributed by atoms with E-state index >= 15 is 0 Å². The molecule has 0 radical (unpaired) electrons. The molecule has 0 fully saturated rings. The number of nitrogens with one attached hydrogen (secondary N) is 1. The Balaban J connectivity index is 2.55. The molecule has 0 heterocycles. The van der Waals surface area contributed by atoms with Crippen LogP contribution in [0.2, 0.25) is 0 Å². The lowest BCUT2D eigenvalue weighted by Gasteiger charge is -2.15. The maximum atomic E-state index is 10.9. The predicted octanol–water partition coefficient (Wildman–Crippen LogP) is 2.33. The Morgan fingerprint density at radius 1 is 1.31 bits per heavy atom. The van der Waals surface area contributed by atoms with Crippen molar-refractivity contribution in [3.8, 4) is 0 Å². The molecule has 1 aromatic rings. The Bertz CT molecular complexity index is 376. The Hall–Kier alpha value is -0.670. The van der Waals surface area contributed by atoms with Crippen LogP contribution in [0.3, 0.4) is 0 Å². The van der Waals surface area contributed by atoms with Crippen molar-refractivity contribution < 1.29 is 4.21 Å². The summed E-state index contributed by atoms with van der Waals surface area (Å²) in [6.45, 7) is 7.20. The minimum absolute atomic E-state index is 0.322. The molecular formula is C13H21NOS. The summed E-state index contributed by atoms with van der Waals surface area (Å²) in [5, 5.41) is 3.38. The monoisotopic (exact) mass is 239 g/mol. The van der Waals surface area contributed by atoms with Gasteiger partial charge in [0.15, 0.2) is 0 Å². The van der Waals surface area contributed by atoms with Crippen molar-refractivity contribution in [1.82, 2.24) is 5.32 Å². The van der Waals surface area contributed by atoms with Gasteiger partial charge in [0.1, 0.15) is 0 Å². The number of aryl methyl sites for hydroxylation is 2. The SMILES string of the molecule is Cc1ccc(C(C)NCCS(C)=O)cc1C. The molecule has 0 spiro atoms. The normalized spacial score (nSPS) is 14.8. The number of benzene rings is 1. The molecule has 2 atom stereocenters. The van der Waals surface area contributed by atoms with Crippen LogP contribution < -0.4 is 5.32 Å². The Morgan fingerprint density at radius 3 is 2.56 bits per heavy atom. The Labute approximate surface area is 101 Å². The zero-order valence-electron chi connectivity index (χ0n) is 10.5. The molecule has 0 aliphatic heterocycles. The van der Waals surface area contributed by atoms with E-state index in [0.29, 0.717) is 6.04 Å². The molecule has 2 nitrogen and oxygen atoms in total. The molecule has 1 rings (SSSR count). The zero-order valence-corrected chi connectivity index (χ0v) is 11.4. The smallest absolute Gasteiger partial charge is 0.0357 e. The van der Waals surface area contributed by atoms with Gasteiger partial charge >= 0.3 is 0 Å². The molecule has 0 bridgehead atoms. The van der Waals surface area contributed by atoms with Gasteiger partial charge < -0.3 is 5.32 Å². The van der Waals surface area contributed by atoms with Crippen molar-refractivity contribution in [1.29, 1.82) is 0 Å². The van der Waals surface area contributed by atoms with E-state index < -0.39 is 10.8 Å². The second-order valence-corrected chi connectivity index (χ2v) is 5.85. The van der Waals surface area contributed by atoms with Gasteiger partial charge in [0.2, 0.25) is 0 Å². The van der Waals surface area contributed by atoms with Gasteiger partial charge in [0.05, 0.1) is 0 Å². The van der Waals surface area contributed by atoms with Gasteiger partial charge in [-0.05, 0) is 37.5 Å². The molecule has 1 N–H and O–H groups in total. The highest BCUT2D eigenvalue weighted by atomic mass is 32.2. The van der Waals surface area contributed by atoms with Gasteiger partial charge in [-0.2, -0.15) is 0 Å². The molecule has 90 valence electrons. The third-order valence-electron chi connectivity index (χ3n) is 2.87. The molecule has 0 aliphatic rings. The van der Waals surface area contributed by atoms with Gasteiger partial charge in [-0.3, -0.25) is 4.21 Å². The third kappa shape index (κ3) is 4.06. The minimum Gasteiger partial charge on any atom is -0.309 e. The third-order valence-corrected chi connectivity index (χ3v) is 3.65. The lowest BCUT2D eigenvalue weighted by Crippen LogP contribution is -2.23. The lowest BCUT2D eigenvalue weighted by molar-refractivity contribution is 0.596. The van der Waals surface area contributed by atoms with Crippen LogP contribution in [0.15, 0.2) is 18.2 Å². The first-order valence-corrected chi connectivity index (χ1v) is 7.34. The van der Waals surface area contributed by atoms with Crippen molar-refractivity contribution in [3.05, 3.63) is 34.9 Å². The topological polar surface area (TPSA) is 29.1 Å². The van der Waals surface area contributed by atoms with E-state index in [1.807, 2.05) is 0 Å². The predicted molar refractivity (Wildman–Crippen MR) is 71.3 cm³/mol. The van der Waals surface area contributed by atoms with E-state index in [2.05, 4.69) is 44.3 Å². The molecule has 2 unspecified atom stereocenters. The summed E-state index contributed by atoms with van der Waals surface area (Å²) < 4.78 is 10.9. The number of rotatable bonds is 5. The molecule has 1 aromatic carbocycles. The van der Waals surface area contributed by atoms with E-state index in [-0.39, 0.29) is 0 Å². The van der Waals surface area contributed by atoms with Crippen LogP contribution >= 0.6 is 0 Å². The Kier molecular flexibility index (Phi) is 5.16. The summed E-state index contributed by atoms with van der Waals surface area (Å²) in [7, 11) is -0.709. The van der Waals surface area contributed by atoms with Crippen molar-refractivity contribution in [2.24, 2.45) is 0 Å². The largest absolute Gasteiger partial charge is 0.309 e. The summed E-state index contributed by atoms with van der Waals surface area (Å²) in [6, 6.07) is 6.85. The van der Waals surface area contributed by atoms with Crippen molar-refractivity contribution in [3.63, 3.8) is 0 Å². The molecule has 3 heteroatoms. The van der Waals surface area contributed by atoms with Crippen molar-refractivity contribution >= 4 is 10.8 Å². The number of hydrogen-bond donors (Lipinski definition) is 1. The van der Waals surface area contributed by atoms with Crippen LogP contribution in [-0.4, -0.2) is 22.8 Å². The first-order chi connectivity index (χ1) is 7.50. The summed E-state index contributed by atoms with van der Waals surface area (Å²) >= 11 is 0. The minimum atomic E-state index is -0.709. The first-order valence-electron chi connectivity index (χ1n) is 5.61. The molecule has 0 saturated heterocycles. The second-order valence-electron chi connectivity index (χ2n) is 4.30. The number of hydrogen-bond acceptors (Lipinski definition) is 2. The fourth-order valence-corrected chi connectivity index (χ4v) is 1.98. The van der Waals surface area contributed by atoms with Crippen molar-refractivity contribution in [2.45, 2.75) is 26.8 Å². The quantitative estimate of drug-likeness (QED) is 0.854. The van der Waals surface area contributed by atoms with Crippen LogP contribution in [0, 0.1) is 13.8 Å². The van der Waals surface area contributed by atoms with E-state index in [4.69, 9.17) is 0 Å². The van der Waals surface area contributed by atoms with Gasteiger partial charge in [-0.15, -0.1) is 0 Å². The van der Waals surface area contributed by atoms with Gasteiger partial charge in [-0.1, -0.05) is 18.2 Å². The average Bonchev–Trinajstić information content (AvgIpc) is 2.21. The molecular weight excluding hydrogens is 218 g/mol. The molecule has 16 heavy (non-hydrogen) atoms. The fourth-order valence-electron chi connectivity index (χ4n) is 1.57. The summed E-state index contributed by atoms with van der Waals surface area (Å²) in [5.41, 5.74) is 3.95. The summed E-state index contributed by atoms with van der Waals surface area (Å²) in [5.74, 6) is 0.717. The van der Waals surface area contributed by atoms with Crippen LogP contribution in [0.25, 0.3) is 0 Å². The standard InChI is InChI=1S/C13H21NOS/c1-10-5-6-13(9-11(10)2)12(3)14-7-8-16(4)15/h5-6,9,12,14H,7-8H2,1-4H3. The van der Waals surface area contributed by atoms with Gasteiger partial charge in [0.25, 0.3) is 0 Å². The van der Waals surface area contributed by atoms with Crippen LogP contribution in [-0.2, 0) is 10.8 Å². The highest BCUT2D eigenvalue weighted by Gasteiger charge is 2.05. The maximum absolute atomic E-state index is 10.9. The highest BCUT2D eigenvalue weighted by molar-refractivity contribution is 7.84. The molecule has 0 saturated carbocycles. The molecule has 0 aliphatic carbocycles. The summed E-state index contributed by atoms with van der Waals surface area (Å²) in [4.78, 5) is 0. The zero-order chi connectivity index (χ0) is 12.1. The highest BCUT2D eigenvalue weighted by Crippen LogP contribution is 2.16. The fraction of sp³-hybridized carbons (Fsp3) is 0.538. The van der Waals surface area contributed by atoms with E-state index in [1.54, 1.807) is 6.26 Å². The maximum Gasteiger partial charge on any atom is 0.0357 e. The van der Waals surface area contributed by atoms with E-state index in [1.165, 1.54) is 16.7 Å². The Morgan fingerprint density at radius 2 is 2.00 bits per heavy atom. The van der Waals surface area contributed by atoms with Gasteiger partial charge in [-0.25, -0.2) is 0 Å². The average molecular weight is 239 g/mol. The molecule has 0 amide bonds. The summed E-state index contributed by atoms with van der Waals surface area (Å²) in [6.07, 6.45) is 1.74. The van der Waals surface area contributed by atoms with Crippen LogP contribution in [0.5, 0.6) is 0 Å². The molecule has 0 aromatic heterocycles.